The van der Waals surface area contributed by atoms with Gasteiger partial charge in [0, 0.05) is 60.8 Å². The number of pyridine rings is 2. The van der Waals surface area contributed by atoms with E-state index in [1.807, 2.05) is 6.07 Å². The quantitative estimate of drug-likeness (QED) is 0.247. The summed E-state index contributed by atoms with van der Waals surface area (Å²) in [6, 6.07) is 15.7. The first-order chi connectivity index (χ1) is 20.3. The fourth-order valence-electron chi connectivity index (χ4n) is 4.53. The largest absolute Gasteiger partial charge is 0.506 e. The van der Waals surface area contributed by atoms with Crippen molar-refractivity contribution in [1.82, 2.24) is 14.5 Å². The lowest BCUT2D eigenvalue weighted by Crippen LogP contribution is -2.39. The first-order valence-electron chi connectivity index (χ1n) is 13.2. The summed E-state index contributed by atoms with van der Waals surface area (Å²) in [5.74, 6) is -1.39. The Morgan fingerprint density at radius 1 is 0.929 bits per heavy atom. The van der Waals surface area contributed by atoms with Crippen LogP contribution in [-0.2, 0) is 11.3 Å². The van der Waals surface area contributed by atoms with E-state index in [0.717, 1.165) is 19.6 Å². The lowest BCUT2D eigenvalue weighted by molar-refractivity contribution is 0.0363. The zero-order valence-electron chi connectivity index (χ0n) is 22.3. The maximum Gasteiger partial charge on any atom is 0.259 e. The monoisotopic (exact) mass is 607 g/mol. The molecule has 0 spiro atoms. The number of carbonyl (C=O) groups excluding carboxylic acids is 2. The molecular weight excluding hydrogens is 581 g/mol. The summed E-state index contributed by atoms with van der Waals surface area (Å²) in [5.41, 5.74) is 1.11. The van der Waals surface area contributed by atoms with Crippen molar-refractivity contribution < 1.29 is 19.4 Å². The fourth-order valence-corrected chi connectivity index (χ4v) is 4.85. The van der Waals surface area contributed by atoms with Crippen LogP contribution in [0.5, 0.6) is 5.75 Å². The third-order valence-corrected chi connectivity index (χ3v) is 7.22. The second kappa shape index (κ2) is 13.2. The number of ether oxygens (including phenoxy) is 1. The molecule has 42 heavy (non-hydrogen) atoms. The van der Waals surface area contributed by atoms with Gasteiger partial charge in [0.2, 0.25) is 0 Å². The summed E-state index contributed by atoms with van der Waals surface area (Å²) in [7, 11) is 0. The van der Waals surface area contributed by atoms with Gasteiger partial charge in [-0.25, -0.2) is 4.98 Å². The number of morpholine rings is 1. The van der Waals surface area contributed by atoms with Crippen LogP contribution in [0.3, 0.4) is 0 Å². The number of phenols is 1. The van der Waals surface area contributed by atoms with Gasteiger partial charge in [0.25, 0.3) is 17.4 Å². The third kappa shape index (κ3) is 6.97. The molecule has 2 amide bonds. The van der Waals surface area contributed by atoms with Gasteiger partial charge in [-0.1, -0.05) is 35.3 Å². The van der Waals surface area contributed by atoms with Gasteiger partial charge in [-0.05, 0) is 48.0 Å². The molecule has 216 valence electrons. The van der Waals surface area contributed by atoms with Gasteiger partial charge in [-0.2, -0.15) is 0 Å². The molecule has 0 radical (unpaired) electrons. The van der Waals surface area contributed by atoms with Gasteiger partial charge < -0.3 is 25.0 Å². The predicted octanol–water partition coefficient (Wildman–Crippen LogP) is 4.76. The van der Waals surface area contributed by atoms with Crippen molar-refractivity contribution in [2.45, 2.75) is 6.54 Å². The molecule has 1 aliphatic rings. The summed E-state index contributed by atoms with van der Waals surface area (Å²) in [6.45, 7) is 4.39. The third-order valence-electron chi connectivity index (χ3n) is 6.77. The van der Waals surface area contributed by atoms with Crippen molar-refractivity contribution in [2.75, 3.05) is 43.5 Å². The molecule has 0 unspecified atom stereocenters. The molecule has 1 aliphatic heterocycles. The molecule has 3 N–H and O–H groups in total. The number of anilines is 2. The van der Waals surface area contributed by atoms with E-state index >= 15 is 0 Å². The average Bonchev–Trinajstić information content (AvgIpc) is 2.99. The molecule has 1 saturated heterocycles. The lowest BCUT2D eigenvalue weighted by Gasteiger charge is -2.26. The minimum atomic E-state index is -0.651. The highest BCUT2D eigenvalue weighted by molar-refractivity contribution is 6.32. The van der Waals surface area contributed by atoms with E-state index in [1.54, 1.807) is 47.2 Å². The zero-order valence-corrected chi connectivity index (χ0v) is 23.9. The van der Waals surface area contributed by atoms with Gasteiger partial charge in [-0.15, -0.1) is 0 Å². The molecule has 2 aromatic heterocycles. The minimum absolute atomic E-state index is 0.0661. The molecule has 3 heterocycles. The van der Waals surface area contributed by atoms with Crippen LogP contribution < -0.4 is 16.2 Å². The number of halogens is 2. The first-order valence-corrected chi connectivity index (χ1v) is 13.9. The topological polar surface area (TPSA) is 126 Å². The van der Waals surface area contributed by atoms with E-state index < -0.39 is 11.8 Å². The van der Waals surface area contributed by atoms with Crippen molar-refractivity contribution >= 4 is 46.5 Å². The van der Waals surface area contributed by atoms with E-state index in [2.05, 4.69) is 20.5 Å². The molecule has 1 fully saturated rings. The maximum absolute atomic E-state index is 13.2. The zero-order chi connectivity index (χ0) is 29.6. The molecule has 10 nitrogen and oxygen atoms in total. The number of nitrogens with one attached hydrogen (secondary N) is 2. The number of hydrogen-bond acceptors (Lipinski definition) is 7. The van der Waals surface area contributed by atoms with Crippen LogP contribution in [0.25, 0.3) is 11.1 Å². The maximum atomic E-state index is 13.2. The van der Waals surface area contributed by atoms with Gasteiger partial charge in [0.05, 0.1) is 29.5 Å². The number of hydrogen-bond donors (Lipinski definition) is 3. The highest BCUT2D eigenvalue weighted by atomic mass is 35.5. The Balaban J connectivity index is 1.31. The summed E-state index contributed by atoms with van der Waals surface area (Å²) in [5, 5.41) is 16.2. The summed E-state index contributed by atoms with van der Waals surface area (Å²) < 4.78 is 7.07. The predicted molar refractivity (Wildman–Crippen MR) is 162 cm³/mol. The number of rotatable bonds is 8. The van der Waals surface area contributed by atoms with Gasteiger partial charge >= 0.3 is 0 Å². The number of phenolic OH excluding ortho intramolecular Hbond substituents is 1. The SMILES string of the molecule is O=C(Nc1c(O)cc(Cl)cc1C(=O)Nc1ccc(Cl)cn1)c1ccc(-c2cccn(CCN3CCOCC3)c2=O)cc1. The van der Waals surface area contributed by atoms with Crippen LogP contribution in [0.1, 0.15) is 20.7 Å². The number of amides is 2. The Bertz CT molecular complexity index is 1650. The van der Waals surface area contributed by atoms with Crippen LogP contribution in [0, 0.1) is 0 Å². The molecule has 12 heteroatoms. The summed E-state index contributed by atoms with van der Waals surface area (Å²) >= 11 is 11.9. The number of carbonyl (C=O) groups is 2. The Hall–Kier alpha value is -4.22. The molecular formula is C30H27Cl2N5O5. The molecule has 0 atom stereocenters. The first kappa shape index (κ1) is 29.3. The van der Waals surface area contributed by atoms with E-state index in [4.69, 9.17) is 27.9 Å². The normalized spacial score (nSPS) is 13.5. The van der Waals surface area contributed by atoms with Crippen LogP contribution >= 0.6 is 23.2 Å². The van der Waals surface area contributed by atoms with Crippen molar-refractivity contribution in [1.29, 1.82) is 0 Å². The summed E-state index contributed by atoms with van der Waals surface area (Å²) in [4.78, 5) is 45.6. The lowest BCUT2D eigenvalue weighted by atomic mass is 10.0. The molecule has 2 aromatic carbocycles. The fraction of sp³-hybridized carbons (Fsp3) is 0.200. The van der Waals surface area contributed by atoms with Crippen molar-refractivity contribution in [2.24, 2.45) is 0 Å². The van der Waals surface area contributed by atoms with Crippen LogP contribution in [0.4, 0.5) is 11.5 Å². The Labute approximate surface area is 251 Å². The molecule has 5 rings (SSSR count). The van der Waals surface area contributed by atoms with Crippen molar-refractivity contribution in [3.8, 4) is 16.9 Å². The Morgan fingerprint density at radius 3 is 2.40 bits per heavy atom. The highest BCUT2D eigenvalue weighted by Gasteiger charge is 2.20. The number of aromatic nitrogens is 2. The number of aromatic hydroxyl groups is 1. The molecule has 0 aliphatic carbocycles. The number of nitrogens with zero attached hydrogens (tertiary/aromatic N) is 3. The Morgan fingerprint density at radius 2 is 1.69 bits per heavy atom. The van der Waals surface area contributed by atoms with Gasteiger partial charge in [0.1, 0.15) is 11.6 Å². The van der Waals surface area contributed by atoms with E-state index in [0.29, 0.717) is 35.9 Å². The standard InChI is InChI=1S/C30H27Cl2N5O5/c31-21-7-8-26(33-18-21)34-29(40)24-16-22(32)17-25(38)27(24)35-28(39)20-5-3-19(4-6-20)23-2-1-9-37(30(23)41)11-10-36-12-14-42-15-13-36/h1-9,16-18,38H,10-15H2,(H,35,39)(H,33,34,40). The van der Waals surface area contributed by atoms with Crippen LogP contribution in [0.15, 0.2) is 77.9 Å². The number of benzene rings is 2. The second-order valence-corrected chi connectivity index (χ2v) is 10.4. The molecule has 0 bridgehead atoms. The van der Waals surface area contributed by atoms with Crippen LogP contribution in [-0.4, -0.2) is 64.2 Å². The molecule has 0 saturated carbocycles. The average molecular weight is 608 g/mol. The van der Waals surface area contributed by atoms with Gasteiger partial charge in [-0.3, -0.25) is 19.3 Å². The van der Waals surface area contributed by atoms with E-state index in [-0.39, 0.29) is 39.0 Å². The smallest absolute Gasteiger partial charge is 0.259 e. The minimum Gasteiger partial charge on any atom is -0.506 e. The molecule has 4 aromatic rings. The second-order valence-electron chi connectivity index (χ2n) is 9.57. The Kier molecular flexibility index (Phi) is 9.19. The highest BCUT2D eigenvalue weighted by Crippen LogP contribution is 2.32. The van der Waals surface area contributed by atoms with E-state index in [1.165, 1.54) is 24.4 Å². The van der Waals surface area contributed by atoms with Crippen molar-refractivity contribution in [3.05, 3.63) is 105 Å². The summed E-state index contributed by atoms with van der Waals surface area (Å²) in [6.07, 6.45) is 3.14. The van der Waals surface area contributed by atoms with E-state index in [9.17, 15) is 19.5 Å². The van der Waals surface area contributed by atoms with Crippen molar-refractivity contribution in [3.63, 3.8) is 0 Å². The van der Waals surface area contributed by atoms with Gasteiger partial charge in [0.15, 0.2) is 0 Å². The van der Waals surface area contributed by atoms with Crippen LogP contribution in [0.2, 0.25) is 10.0 Å².